The lowest BCUT2D eigenvalue weighted by Crippen LogP contribution is -2.34. The van der Waals surface area contributed by atoms with E-state index in [1.807, 2.05) is 39.0 Å². The minimum Gasteiger partial charge on any atom is -0.493 e. The summed E-state index contributed by atoms with van der Waals surface area (Å²) < 4.78 is 22.2. The average molecular weight is 566 g/mol. The third-order valence-corrected chi connectivity index (χ3v) is 7.44. The summed E-state index contributed by atoms with van der Waals surface area (Å²) in [6.07, 6.45) is 7.65. The van der Waals surface area contributed by atoms with E-state index in [0.717, 1.165) is 41.9 Å². The third-order valence-electron chi connectivity index (χ3n) is 7.44. The van der Waals surface area contributed by atoms with Crippen molar-refractivity contribution in [2.75, 3.05) is 44.7 Å². The molecule has 11 nitrogen and oxygen atoms in total. The number of hydrogen-bond donors (Lipinski definition) is 2. The molecular weight excluding hydrogens is 526 g/mol. The lowest BCUT2D eigenvalue weighted by molar-refractivity contribution is 0.0241. The molecule has 1 aromatic heterocycles. The number of amides is 1. The number of aromatic nitrogens is 2. The zero-order chi connectivity index (χ0) is 29.3. The molecule has 0 saturated carbocycles. The maximum absolute atomic E-state index is 12.9. The Hall–Kier alpha value is -3.99. The molecule has 1 saturated heterocycles. The Morgan fingerprint density at radius 2 is 1.83 bits per heavy atom. The number of allylic oxidation sites excluding steroid dienone is 3. The minimum atomic E-state index is -0.602. The number of anilines is 2. The van der Waals surface area contributed by atoms with Crippen LogP contribution in [0.1, 0.15) is 56.4 Å². The van der Waals surface area contributed by atoms with Crippen molar-refractivity contribution in [3.05, 3.63) is 52.9 Å². The van der Waals surface area contributed by atoms with E-state index >= 15 is 0 Å². The predicted molar refractivity (Wildman–Crippen MR) is 155 cm³/mol. The first-order valence-electron chi connectivity index (χ1n) is 13.9. The molecule has 220 valence electrons. The molecule has 1 fully saturated rings. The van der Waals surface area contributed by atoms with Crippen LogP contribution in [0.5, 0.6) is 17.2 Å². The van der Waals surface area contributed by atoms with E-state index < -0.39 is 5.60 Å². The van der Waals surface area contributed by atoms with E-state index in [-0.39, 0.29) is 24.7 Å². The first kappa shape index (κ1) is 28.5. The average Bonchev–Trinajstić information content (AvgIpc) is 3.70. The number of nitrogens with zero attached hydrogens (tertiary/aromatic N) is 4. The molecule has 0 bridgehead atoms. The highest BCUT2D eigenvalue weighted by Gasteiger charge is 2.34. The van der Waals surface area contributed by atoms with Gasteiger partial charge in [0.1, 0.15) is 11.4 Å². The molecule has 41 heavy (non-hydrogen) atoms. The third kappa shape index (κ3) is 5.90. The second-order valence-electron chi connectivity index (χ2n) is 11.4. The van der Waals surface area contributed by atoms with Gasteiger partial charge in [0.2, 0.25) is 11.7 Å². The van der Waals surface area contributed by atoms with E-state index in [0.29, 0.717) is 42.1 Å². The number of aliphatic hydroxyl groups excluding tert-OH is 1. The molecule has 0 radical (unpaired) electrons. The van der Waals surface area contributed by atoms with Gasteiger partial charge >= 0.3 is 6.09 Å². The Kier molecular flexibility index (Phi) is 7.99. The largest absolute Gasteiger partial charge is 0.493 e. The number of methoxy groups -OCH3 is 3. The molecule has 2 aromatic rings. The zero-order valence-electron chi connectivity index (χ0n) is 24.6. The predicted octanol–water partition coefficient (Wildman–Crippen LogP) is 4.36. The summed E-state index contributed by atoms with van der Waals surface area (Å²) in [5, 5.41) is 13.4. The Balaban J connectivity index is 1.45. The molecule has 3 aliphatic rings. The molecule has 2 N–H and O–H groups in total. The topological polar surface area (TPSA) is 119 Å². The smallest absolute Gasteiger partial charge is 0.410 e. The molecule has 1 unspecified atom stereocenters. The number of ether oxygens (including phenoxy) is 4. The van der Waals surface area contributed by atoms with Gasteiger partial charge in [0.05, 0.1) is 52.8 Å². The van der Waals surface area contributed by atoms with Crippen molar-refractivity contribution in [1.29, 1.82) is 0 Å². The number of carbonyl (C=O) groups excluding carboxylic acids is 1. The molecule has 3 heterocycles. The monoisotopic (exact) mass is 565 g/mol. The number of rotatable bonds is 8. The summed E-state index contributed by atoms with van der Waals surface area (Å²) in [5.41, 5.74) is 2.88. The highest BCUT2D eigenvalue weighted by molar-refractivity contribution is 5.71. The van der Waals surface area contributed by atoms with Crippen molar-refractivity contribution in [2.45, 2.75) is 64.3 Å². The van der Waals surface area contributed by atoms with Gasteiger partial charge in [-0.05, 0) is 63.5 Å². The number of carbonyl (C=O) groups is 1. The van der Waals surface area contributed by atoms with Gasteiger partial charge in [-0.25, -0.2) is 9.78 Å². The minimum absolute atomic E-state index is 0.0285. The Bertz CT molecular complexity index is 1340. The van der Waals surface area contributed by atoms with Gasteiger partial charge in [0.15, 0.2) is 11.5 Å². The van der Waals surface area contributed by atoms with Crippen molar-refractivity contribution >= 4 is 17.9 Å². The molecule has 1 amide bonds. The maximum Gasteiger partial charge on any atom is 0.410 e. The number of hydrogen-bond acceptors (Lipinski definition) is 10. The fourth-order valence-electron chi connectivity index (χ4n) is 5.45. The molecule has 1 aromatic carbocycles. The standard InChI is InChI=1S/C30H39N5O6/c1-30(2,3)41-29(37)34-15-22-23(16-34)32-28(35-11-7-8-21(35)17-36)33-27(22)31-20-10-9-18(12-20)19-13-24(38-4)26(40-6)25(14-19)39-5/h9-10,12-14,18,21,36H,7-8,11,15-17H2,1-6H3,(H,31,32,33)/t18?,21-/m0/s1. The van der Waals surface area contributed by atoms with E-state index in [1.54, 1.807) is 26.2 Å². The van der Waals surface area contributed by atoms with Gasteiger partial charge in [-0.2, -0.15) is 4.98 Å². The van der Waals surface area contributed by atoms with Crippen LogP contribution in [0, 0.1) is 0 Å². The Morgan fingerprint density at radius 1 is 1.10 bits per heavy atom. The van der Waals surface area contributed by atoms with Crippen LogP contribution in [-0.4, -0.2) is 72.2 Å². The summed E-state index contributed by atoms with van der Waals surface area (Å²) >= 11 is 0. The van der Waals surface area contributed by atoms with Gasteiger partial charge in [-0.3, -0.25) is 4.90 Å². The Labute approximate surface area is 240 Å². The Morgan fingerprint density at radius 3 is 2.46 bits per heavy atom. The van der Waals surface area contributed by atoms with E-state index in [4.69, 9.17) is 28.9 Å². The SMILES string of the molecule is COc1cc(C2C=CC(Nc3nc(N4CCC[C@H]4CO)nc4c3CN(C(=O)OC(C)(C)C)C4)=C2)cc(OC)c1OC. The van der Waals surface area contributed by atoms with Crippen molar-refractivity contribution in [1.82, 2.24) is 14.9 Å². The summed E-state index contributed by atoms with van der Waals surface area (Å²) in [7, 11) is 4.79. The van der Waals surface area contributed by atoms with Crippen LogP contribution in [0.15, 0.2) is 36.1 Å². The molecule has 1 aliphatic carbocycles. The molecule has 0 spiro atoms. The normalized spacial score (nSPS) is 19.7. The summed E-state index contributed by atoms with van der Waals surface area (Å²) in [6, 6.07) is 3.86. The number of aliphatic hydroxyl groups is 1. The van der Waals surface area contributed by atoms with Gasteiger partial charge in [0.25, 0.3) is 0 Å². The first-order chi connectivity index (χ1) is 19.6. The molecular formula is C30H39N5O6. The van der Waals surface area contributed by atoms with Gasteiger partial charge in [0, 0.05) is 23.7 Å². The number of nitrogens with one attached hydrogen (secondary N) is 1. The van der Waals surface area contributed by atoms with Crippen LogP contribution in [0.4, 0.5) is 16.6 Å². The van der Waals surface area contributed by atoms with Crippen LogP contribution in [-0.2, 0) is 17.8 Å². The first-order valence-corrected chi connectivity index (χ1v) is 13.9. The second-order valence-corrected chi connectivity index (χ2v) is 11.4. The van der Waals surface area contributed by atoms with Crippen molar-refractivity contribution in [3.63, 3.8) is 0 Å². The molecule has 5 rings (SSSR count). The van der Waals surface area contributed by atoms with E-state index in [2.05, 4.69) is 22.4 Å². The fraction of sp³-hybridized carbons (Fsp3) is 0.500. The van der Waals surface area contributed by atoms with Crippen LogP contribution in [0.2, 0.25) is 0 Å². The fourth-order valence-corrected chi connectivity index (χ4v) is 5.45. The van der Waals surface area contributed by atoms with Crippen LogP contribution >= 0.6 is 0 Å². The van der Waals surface area contributed by atoms with Crippen molar-refractivity contribution in [3.8, 4) is 17.2 Å². The molecule has 2 aliphatic heterocycles. The van der Waals surface area contributed by atoms with E-state index in [1.165, 1.54) is 0 Å². The summed E-state index contributed by atoms with van der Waals surface area (Å²) in [5.74, 6) is 2.89. The van der Waals surface area contributed by atoms with Crippen molar-refractivity contribution in [2.24, 2.45) is 0 Å². The zero-order valence-corrected chi connectivity index (χ0v) is 24.6. The maximum atomic E-state index is 12.9. The van der Waals surface area contributed by atoms with Gasteiger partial charge < -0.3 is 34.3 Å². The van der Waals surface area contributed by atoms with Gasteiger partial charge in [-0.1, -0.05) is 6.08 Å². The lowest BCUT2D eigenvalue weighted by atomic mass is 10.00. The van der Waals surface area contributed by atoms with Crippen molar-refractivity contribution < 1.29 is 28.8 Å². The van der Waals surface area contributed by atoms with Gasteiger partial charge in [-0.15, -0.1) is 0 Å². The van der Waals surface area contributed by atoms with Crippen LogP contribution < -0.4 is 24.4 Å². The summed E-state index contributed by atoms with van der Waals surface area (Å²) in [4.78, 5) is 26.4. The summed E-state index contributed by atoms with van der Waals surface area (Å²) in [6.45, 7) is 7.03. The second kappa shape index (κ2) is 11.5. The highest BCUT2D eigenvalue weighted by Crippen LogP contribution is 2.42. The quantitative estimate of drug-likeness (QED) is 0.478. The number of fused-ring (bicyclic) bond motifs is 1. The number of benzene rings is 1. The van der Waals surface area contributed by atoms with Crippen LogP contribution in [0.25, 0.3) is 0 Å². The molecule has 11 heteroatoms. The van der Waals surface area contributed by atoms with Crippen LogP contribution in [0.3, 0.4) is 0 Å². The lowest BCUT2D eigenvalue weighted by Gasteiger charge is -2.24. The molecule has 2 atom stereocenters. The van der Waals surface area contributed by atoms with E-state index in [9.17, 15) is 9.90 Å². The highest BCUT2D eigenvalue weighted by atomic mass is 16.6.